The van der Waals surface area contributed by atoms with Crippen LogP contribution in [0.5, 0.6) is 0 Å². The van der Waals surface area contributed by atoms with E-state index in [-0.39, 0.29) is 10.7 Å². The van der Waals surface area contributed by atoms with Crippen LogP contribution in [-0.4, -0.2) is 18.4 Å². The molecule has 0 aliphatic heterocycles. The van der Waals surface area contributed by atoms with Crippen molar-refractivity contribution in [2.24, 2.45) is 0 Å². The number of hydrogen-bond acceptors (Lipinski definition) is 4. The number of alkyl halides is 1. The van der Waals surface area contributed by atoms with Gasteiger partial charge in [-0.05, 0) is 17.7 Å². The highest BCUT2D eigenvalue weighted by atomic mass is 35.5. The number of halogens is 2. The van der Waals surface area contributed by atoms with Crippen molar-refractivity contribution in [3.63, 3.8) is 0 Å². The normalized spacial score (nSPS) is 11.3. The molecule has 1 heterocycles. The molecule has 0 aliphatic rings. The van der Waals surface area contributed by atoms with Crippen molar-refractivity contribution >= 4 is 39.2 Å². The molecule has 0 saturated heterocycles. The molecule has 3 aromatic rings. The van der Waals surface area contributed by atoms with Crippen LogP contribution in [0, 0.1) is 0 Å². The van der Waals surface area contributed by atoms with Gasteiger partial charge in [0.25, 0.3) is 10.0 Å². The highest BCUT2D eigenvalue weighted by Crippen LogP contribution is 2.32. The van der Waals surface area contributed by atoms with Crippen LogP contribution < -0.4 is 3.82 Å². The van der Waals surface area contributed by atoms with Gasteiger partial charge in [0.05, 0.1) is 4.90 Å². The van der Waals surface area contributed by atoms with Crippen molar-refractivity contribution in [3.05, 3.63) is 72.6 Å². The molecule has 0 saturated carbocycles. The maximum Gasteiger partial charge on any atom is 0.279 e. The van der Waals surface area contributed by atoms with E-state index < -0.39 is 10.0 Å². The molecule has 5 nitrogen and oxygen atoms in total. The topological polar surface area (TPSA) is 63.2 Å². The lowest BCUT2D eigenvalue weighted by molar-refractivity contribution is 0.597. The predicted octanol–water partition coefficient (Wildman–Crippen LogP) is 4.23. The van der Waals surface area contributed by atoms with E-state index in [1.807, 2.05) is 12.1 Å². The van der Waals surface area contributed by atoms with Crippen molar-refractivity contribution in [2.45, 2.75) is 10.8 Å². The Kier molecular flexibility index (Phi) is 5.22. The van der Waals surface area contributed by atoms with Crippen molar-refractivity contribution in [2.75, 3.05) is 3.82 Å². The number of sulfonamides is 1. The van der Waals surface area contributed by atoms with E-state index in [0.29, 0.717) is 21.0 Å². The van der Waals surface area contributed by atoms with Crippen LogP contribution in [0.25, 0.3) is 11.3 Å². The molecule has 0 atom stereocenters. The second kappa shape index (κ2) is 7.39. The van der Waals surface area contributed by atoms with Crippen LogP contribution in [0.15, 0.2) is 71.9 Å². The summed E-state index contributed by atoms with van der Waals surface area (Å²) in [6.07, 6.45) is 2.87. The van der Waals surface area contributed by atoms with Crippen molar-refractivity contribution in [1.29, 1.82) is 0 Å². The van der Waals surface area contributed by atoms with Crippen LogP contribution in [0.3, 0.4) is 0 Å². The summed E-state index contributed by atoms with van der Waals surface area (Å²) < 4.78 is 26.1. The largest absolute Gasteiger partial charge is 0.279 e. The summed E-state index contributed by atoms with van der Waals surface area (Å²) in [5.41, 5.74) is 1.99. The highest BCUT2D eigenvalue weighted by Gasteiger charge is 2.27. The Labute approximate surface area is 156 Å². The molecule has 0 fully saturated rings. The number of rotatable bonds is 5. The zero-order valence-corrected chi connectivity index (χ0v) is 15.2. The van der Waals surface area contributed by atoms with Gasteiger partial charge in [-0.1, -0.05) is 42.5 Å². The first-order valence-electron chi connectivity index (χ1n) is 7.26. The fraction of sp³-hybridized carbons (Fsp3) is 0.0588. The maximum absolute atomic E-state index is 12.7. The summed E-state index contributed by atoms with van der Waals surface area (Å²) in [5, 5.41) is 0. The number of aromatic nitrogens is 2. The van der Waals surface area contributed by atoms with Gasteiger partial charge in [-0.25, -0.2) is 4.98 Å². The lowest BCUT2D eigenvalue weighted by Crippen LogP contribution is -2.23. The van der Waals surface area contributed by atoms with Gasteiger partial charge in [0.1, 0.15) is 5.69 Å². The van der Waals surface area contributed by atoms with Gasteiger partial charge in [0.15, 0.2) is 5.82 Å². The molecule has 3 rings (SSSR count). The minimum atomic E-state index is -3.96. The average molecular weight is 394 g/mol. The van der Waals surface area contributed by atoms with E-state index in [4.69, 9.17) is 23.4 Å². The molecular formula is C17H13Cl2N3O2S. The second-order valence-electron chi connectivity index (χ2n) is 5.09. The van der Waals surface area contributed by atoms with Gasteiger partial charge in [-0.3, -0.25) is 4.98 Å². The Balaban J connectivity index is 2.06. The van der Waals surface area contributed by atoms with Gasteiger partial charge in [-0.15, -0.1) is 11.6 Å². The summed E-state index contributed by atoms with van der Waals surface area (Å²) in [6.45, 7) is 0. The number of anilines is 1. The molecule has 2 aromatic carbocycles. The molecule has 0 amide bonds. The first kappa shape index (κ1) is 17.7. The lowest BCUT2D eigenvalue weighted by atomic mass is 10.1. The molecule has 1 aromatic heterocycles. The molecule has 0 radical (unpaired) electrons. The van der Waals surface area contributed by atoms with Crippen LogP contribution in [0.4, 0.5) is 5.82 Å². The summed E-state index contributed by atoms with van der Waals surface area (Å²) in [5.74, 6) is 0.420. The van der Waals surface area contributed by atoms with E-state index >= 15 is 0 Å². The van der Waals surface area contributed by atoms with Gasteiger partial charge < -0.3 is 0 Å². The van der Waals surface area contributed by atoms with Crippen LogP contribution in [-0.2, 0) is 15.9 Å². The molecule has 8 heteroatoms. The summed E-state index contributed by atoms with van der Waals surface area (Å²) in [4.78, 5) is 8.43. The summed E-state index contributed by atoms with van der Waals surface area (Å²) in [6, 6.07) is 15.2. The lowest BCUT2D eigenvalue weighted by Gasteiger charge is -2.17. The summed E-state index contributed by atoms with van der Waals surface area (Å²) >= 11 is 12.0. The first-order valence-corrected chi connectivity index (χ1v) is 9.58. The molecule has 0 unspecified atom stereocenters. The quantitative estimate of drug-likeness (QED) is 0.480. The van der Waals surface area contributed by atoms with Crippen molar-refractivity contribution < 1.29 is 8.42 Å². The monoisotopic (exact) mass is 393 g/mol. The number of nitrogens with zero attached hydrogens (tertiary/aromatic N) is 3. The van der Waals surface area contributed by atoms with Crippen molar-refractivity contribution in [3.8, 4) is 11.3 Å². The molecule has 0 spiro atoms. The highest BCUT2D eigenvalue weighted by molar-refractivity contribution is 7.94. The maximum atomic E-state index is 12.7. The molecule has 0 aliphatic carbocycles. The standard InChI is InChI=1S/C17H13Cl2N3O2S/c18-12-13-6-8-14(9-7-13)16-17(21-11-10-20-16)22(19)25(23,24)15-4-2-1-3-5-15/h1-11H,12H2. The zero-order chi connectivity index (χ0) is 17.9. The van der Waals surface area contributed by atoms with Crippen LogP contribution >= 0.6 is 23.4 Å². The van der Waals surface area contributed by atoms with Gasteiger partial charge >= 0.3 is 0 Å². The van der Waals surface area contributed by atoms with Gasteiger partial charge in [0, 0.05) is 35.6 Å². The van der Waals surface area contributed by atoms with E-state index in [1.165, 1.54) is 24.5 Å². The first-order chi connectivity index (χ1) is 12.0. The number of benzene rings is 2. The summed E-state index contributed by atoms with van der Waals surface area (Å²) in [7, 11) is -3.96. The molecule has 25 heavy (non-hydrogen) atoms. The minimum absolute atomic E-state index is 0.0339. The SMILES string of the molecule is O=S(=O)(c1ccccc1)N(Cl)c1nccnc1-c1ccc(CCl)cc1. The Bertz CT molecular complexity index is 965. The van der Waals surface area contributed by atoms with Crippen LogP contribution in [0.1, 0.15) is 5.56 Å². The van der Waals surface area contributed by atoms with Crippen molar-refractivity contribution in [1.82, 2.24) is 9.97 Å². The van der Waals surface area contributed by atoms with Crippen LogP contribution in [0.2, 0.25) is 0 Å². The van der Waals surface area contributed by atoms with E-state index in [1.54, 1.807) is 30.3 Å². The number of hydrogen-bond donors (Lipinski definition) is 0. The van der Waals surface area contributed by atoms with Gasteiger partial charge in [-0.2, -0.15) is 12.2 Å². The smallest absolute Gasteiger partial charge is 0.251 e. The Morgan fingerprint density at radius 2 is 1.56 bits per heavy atom. The molecule has 128 valence electrons. The molecule has 0 bridgehead atoms. The predicted molar refractivity (Wildman–Crippen MR) is 99.0 cm³/mol. The third-order valence-electron chi connectivity index (χ3n) is 3.48. The van der Waals surface area contributed by atoms with Gasteiger partial charge in [0.2, 0.25) is 0 Å². The molecule has 0 N–H and O–H groups in total. The van der Waals surface area contributed by atoms with E-state index in [0.717, 1.165) is 5.56 Å². The second-order valence-corrected chi connectivity index (χ2v) is 7.68. The third kappa shape index (κ3) is 3.61. The fourth-order valence-corrected chi connectivity index (χ4v) is 3.80. The minimum Gasteiger partial charge on any atom is -0.251 e. The molecular weight excluding hydrogens is 381 g/mol. The Hall–Kier alpha value is -2.15. The fourth-order valence-electron chi connectivity index (χ4n) is 2.21. The van der Waals surface area contributed by atoms with E-state index in [9.17, 15) is 8.42 Å². The third-order valence-corrected chi connectivity index (χ3v) is 5.96. The Morgan fingerprint density at radius 3 is 2.20 bits per heavy atom. The van der Waals surface area contributed by atoms with E-state index in [2.05, 4.69) is 9.97 Å². The zero-order valence-electron chi connectivity index (χ0n) is 12.9. The average Bonchev–Trinajstić information content (AvgIpc) is 2.68. The Morgan fingerprint density at radius 1 is 0.920 bits per heavy atom.